The lowest BCUT2D eigenvalue weighted by Crippen LogP contribution is -2.09. The van der Waals surface area contributed by atoms with Gasteiger partial charge in [-0.15, -0.1) is 11.3 Å². The average molecular weight is 143 g/mol. The van der Waals surface area contributed by atoms with E-state index in [2.05, 4.69) is 0 Å². The molecule has 0 bridgehead atoms. The van der Waals surface area contributed by atoms with Gasteiger partial charge in [-0.1, -0.05) is 6.07 Å². The fourth-order valence-electron chi connectivity index (χ4n) is 0.597. The highest BCUT2D eigenvalue weighted by Gasteiger charge is 2.03. The molecule has 2 nitrogen and oxygen atoms in total. The van der Waals surface area contributed by atoms with Gasteiger partial charge >= 0.3 is 0 Å². The number of aliphatic hydroxyl groups is 1. The van der Waals surface area contributed by atoms with Crippen molar-refractivity contribution in [2.75, 3.05) is 6.54 Å². The third-order valence-electron chi connectivity index (χ3n) is 1.09. The number of hydrogen-bond donors (Lipinski definition) is 2. The van der Waals surface area contributed by atoms with Crippen molar-refractivity contribution >= 4 is 11.3 Å². The fourth-order valence-corrected chi connectivity index (χ4v) is 1.32. The molecule has 3 N–H and O–H groups in total. The van der Waals surface area contributed by atoms with E-state index in [1.165, 1.54) is 11.3 Å². The number of hydrogen-bond acceptors (Lipinski definition) is 3. The molecule has 0 spiro atoms. The summed E-state index contributed by atoms with van der Waals surface area (Å²) in [6, 6.07) is 3.78. The van der Waals surface area contributed by atoms with Gasteiger partial charge in [0.1, 0.15) is 6.10 Å². The number of rotatable bonds is 2. The smallest absolute Gasteiger partial charge is 0.100 e. The molecule has 9 heavy (non-hydrogen) atoms. The Morgan fingerprint density at radius 1 is 1.78 bits per heavy atom. The summed E-state index contributed by atoms with van der Waals surface area (Å²) in [6.07, 6.45) is -0.468. The molecule has 0 unspecified atom stereocenters. The quantitative estimate of drug-likeness (QED) is 0.641. The minimum Gasteiger partial charge on any atom is -0.386 e. The van der Waals surface area contributed by atoms with Gasteiger partial charge in [0.15, 0.2) is 0 Å². The predicted octanol–water partition coefficient (Wildman–Crippen LogP) is 0.740. The van der Waals surface area contributed by atoms with Crippen LogP contribution in [0.1, 0.15) is 11.0 Å². The van der Waals surface area contributed by atoms with Gasteiger partial charge in [-0.2, -0.15) is 0 Å². The highest BCUT2D eigenvalue weighted by atomic mass is 32.1. The van der Waals surface area contributed by atoms with Gasteiger partial charge in [-0.3, -0.25) is 0 Å². The fraction of sp³-hybridized carbons (Fsp3) is 0.333. The van der Waals surface area contributed by atoms with E-state index in [0.717, 1.165) is 4.88 Å². The van der Waals surface area contributed by atoms with Gasteiger partial charge in [-0.05, 0) is 11.4 Å². The summed E-state index contributed by atoms with van der Waals surface area (Å²) in [6.45, 7) is 0.306. The van der Waals surface area contributed by atoms with Gasteiger partial charge in [0, 0.05) is 11.4 Å². The second-order valence-corrected chi connectivity index (χ2v) is 2.75. The molecule has 1 aromatic heterocycles. The molecule has 1 rings (SSSR count). The van der Waals surface area contributed by atoms with Crippen LogP contribution in [0.2, 0.25) is 0 Å². The Bertz CT molecular complexity index is 162. The Kier molecular flexibility index (Phi) is 2.22. The minimum absolute atomic E-state index is 0.306. The van der Waals surface area contributed by atoms with E-state index in [1.54, 1.807) is 0 Å². The highest BCUT2D eigenvalue weighted by Crippen LogP contribution is 2.16. The Balaban J connectivity index is 2.65. The number of aliphatic hydroxyl groups excluding tert-OH is 1. The molecule has 1 atom stereocenters. The van der Waals surface area contributed by atoms with Gasteiger partial charge < -0.3 is 10.8 Å². The first kappa shape index (κ1) is 6.74. The molecule has 50 valence electrons. The Hall–Kier alpha value is -0.380. The van der Waals surface area contributed by atoms with Crippen LogP contribution in [0.4, 0.5) is 0 Å². The van der Waals surface area contributed by atoms with Crippen LogP contribution in [0, 0.1) is 0 Å². The number of thiophene rings is 1. The first-order valence-corrected chi connectivity index (χ1v) is 3.64. The summed E-state index contributed by atoms with van der Waals surface area (Å²) in [5.74, 6) is 0. The van der Waals surface area contributed by atoms with Crippen molar-refractivity contribution in [3.63, 3.8) is 0 Å². The second-order valence-electron chi connectivity index (χ2n) is 1.77. The Labute approximate surface area is 57.9 Å². The van der Waals surface area contributed by atoms with Crippen molar-refractivity contribution in [3.05, 3.63) is 22.4 Å². The average Bonchev–Trinajstić information content (AvgIpc) is 2.37. The summed E-state index contributed by atoms with van der Waals surface area (Å²) in [5.41, 5.74) is 5.22. The summed E-state index contributed by atoms with van der Waals surface area (Å²) in [5, 5.41) is 11.0. The molecule has 0 saturated heterocycles. The van der Waals surface area contributed by atoms with Crippen LogP contribution < -0.4 is 5.73 Å². The van der Waals surface area contributed by atoms with Crippen molar-refractivity contribution in [1.82, 2.24) is 0 Å². The zero-order chi connectivity index (χ0) is 6.69. The monoisotopic (exact) mass is 143 g/mol. The van der Waals surface area contributed by atoms with E-state index in [1.807, 2.05) is 17.5 Å². The van der Waals surface area contributed by atoms with Gasteiger partial charge in [-0.25, -0.2) is 0 Å². The maximum Gasteiger partial charge on any atom is 0.100 e. The van der Waals surface area contributed by atoms with Gasteiger partial charge in [0.2, 0.25) is 0 Å². The predicted molar refractivity (Wildman–Crippen MR) is 38.3 cm³/mol. The topological polar surface area (TPSA) is 46.2 Å². The second kappa shape index (κ2) is 2.96. The zero-order valence-electron chi connectivity index (χ0n) is 4.95. The first-order valence-electron chi connectivity index (χ1n) is 2.76. The van der Waals surface area contributed by atoms with Crippen molar-refractivity contribution in [3.8, 4) is 0 Å². The summed E-state index contributed by atoms with van der Waals surface area (Å²) >= 11 is 1.53. The molecule has 0 saturated carbocycles. The molecule has 0 aliphatic rings. The third-order valence-corrected chi connectivity index (χ3v) is 2.07. The lowest BCUT2D eigenvalue weighted by Gasteiger charge is -2.01. The SMILES string of the molecule is NC[C@H](O)c1cccs1. The van der Waals surface area contributed by atoms with Crippen LogP contribution in [0.15, 0.2) is 17.5 Å². The Morgan fingerprint density at radius 3 is 3.00 bits per heavy atom. The van der Waals surface area contributed by atoms with Crippen molar-refractivity contribution in [2.24, 2.45) is 5.73 Å². The zero-order valence-corrected chi connectivity index (χ0v) is 5.77. The largest absolute Gasteiger partial charge is 0.386 e. The van der Waals surface area contributed by atoms with E-state index in [4.69, 9.17) is 10.8 Å². The molecule has 0 aliphatic carbocycles. The lowest BCUT2D eigenvalue weighted by molar-refractivity contribution is 0.190. The van der Waals surface area contributed by atoms with Crippen LogP contribution in [-0.2, 0) is 0 Å². The normalized spacial score (nSPS) is 13.6. The van der Waals surface area contributed by atoms with Crippen molar-refractivity contribution < 1.29 is 5.11 Å². The van der Waals surface area contributed by atoms with E-state index in [9.17, 15) is 0 Å². The van der Waals surface area contributed by atoms with Gasteiger partial charge in [0.25, 0.3) is 0 Å². The maximum absolute atomic E-state index is 9.10. The molecule has 0 aliphatic heterocycles. The maximum atomic E-state index is 9.10. The molecular formula is C6H9NOS. The lowest BCUT2D eigenvalue weighted by atomic mass is 10.3. The standard InChI is InChI=1S/C6H9NOS/c7-4-5(8)6-2-1-3-9-6/h1-3,5,8H,4,7H2/t5-/m0/s1. The van der Waals surface area contributed by atoms with E-state index in [-0.39, 0.29) is 0 Å². The van der Waals surface area contributed by atoms with Crippen LogP contribution in [0.25, 0.3) is 0 Å². The molecule has 0 radical (unpaired) electrons. The van der Waals surface area contributed by atoms with E-state index < -0.39 is 6.10 Å². The van der Waals surface area contributed by atoms with Crippen molar-refractivity contribution in [2.45, 2.75) is 6.10 Å². The van der Waals surface area contributed by atoms with E-state index >= 15 is 0 Å². The van der Waals surface area contributed by atoms with Crippen molar-refractivity contribution in [1.29, 1.82) is 0 Å². The molecule has 0 aromatic carbocycles. The van der Waals surface area contributed by atoms with Crippen LogP contribution in [0.3, 0.4) is 0 Å². The molecule has 1 aromatic rings. The minimum atomic E-state index is -0.468. The summed E-state index contributed by atoms with van der Waals surface area (Å²) in [4.78, 5) is 0.942. The van der Waals surface area contributed by atoms with Crippen LogP contribution in [0.5, 0.6) is 0 Å². The Morgan fingerprint density at radius 2 is 2.56 bits per heavy atom. The van der Waals surface area contributed by atoms with E-state index in [0.29, 0.717) is 6.54 Å². The summed E-state index contributed by atoms with van der Waals surface area (Å²) < 4.78 is 0. The van der Waals surface area contributed by atoms with Crippen LogP contribution >= 0.6 is 11.3 Å². The third kappa shape index (κ3) is 1.51. The molecule has 0 amide bonds. The molecule has 3 heteroatoms. The molecule has 0 fully saturated rings. The molecular weight excluding hydrogens is 134 g/mol. The highest BCUT2D eigenvalue weighted by molar-refractivity contribution is 7.10. The molecule has 1 heterocycles. The first-order chi connectivity index (χ1) is 4.34. The number of nitrogens with two attached hydrogens (primary N) is 1. The summed E-state index contributed by atoms with van der Waals surface area (Å²) in [7, 11) is 0. The van der Waals surface area contributed by atoms with Crippen LogP contribution in [-0.4, -0.2) is 11.7 Å². The van der Waals surface area contributed by atoms with Gasteiger partial charge in [0.05, 0.1) is 0 Å².